The number of rotatable bonds is 28. The maximum absolute atomic E-state index is 12.3. The maximum Gasteiger partial charge on any atom is 0.338 e. The molecular weight excluding hydrogens is 1500 g/mol. The van der Waals surface area contributed by atoms with Crippen LogP contribution in [0, 0.1) is 105 Å². The molecule has 0 unspecified atom stereocenters. The molecule has 4 saturated carbocycles. The summed E-state index contributed by atoms with van der Waals surface area (Å²) in [5, 5.41) is 90.0. The van der Waals surface area contributed by atoms with Gasteiger partial charge in [0.2, 0.25) is 0 Å². The number of ether oxygens (including phenoxy) is 4. The van der Waals surface area contributed by atoms with Crippen LogP contribution >= 0.6 is 46.4 Å². The number of non-ortho nitro benzene ring substituents is 8. The number of carbonyl (C=O) groups excluding carboxylic acids is 4. The fraction of sp³-hybridized carbons (Fsp3) is 0.278. The van der Waals surface area contributed by atoms with Crippen molar-refractivity contribution in [3.63, 3.8) is 0 Å². The fourth-order valence-electron chi connectivity index (χ4n) is 11.5. The van der Waals surface area contributed by atoms with Gasteiger partial charge in [0.1, 0.15) is 0 Å². The minimum Gasteiger partial charge on any atom is -0.461 e. The highest BCUT2D eigenvalue weighted by Gasteiger charge is 2.38. The Morgan fingerprint density at radius 1 is 0.269 bits per heavy atom. The molecule has 0 aliphatic heterocycles. The van der Waals surface area contributed by atoms with Crippen molar-refractivity contribution < 1.29 is 77.5 Å². The SMILES string of the molecule is O=C(OC[C@H](c1ccc(Cl)cc1)C1CC1)c1cc([N+](=O)[O-])cc([N+](=O)[O-])c1.O=C(OC[C@H](c1ccc(Cl)cc1)C1CC1)c1cc([N+](=O)[O-])cc([N+](=O)[O-])c1.O=C(OC[C@H](c1ccc(Cl)cc1)C1CC1)c1cc([N+](=O)[O-])cc([N+](=O)[O-])c1.O=C(OC[C@H](c1ccc(Cl)cc1)C1CC1)c1cc([N+](=O)[O-])cc([N+](=O)[O-])c1. The van der Waals surface area contributed by atoms with Gasteiger partial charge in [0, 0.05) is 92.3 Å². The third-order valence-electron chi connectivity index (χ3n) is 17.8. The Morgan fingerprint density at radius 2 is 0.407 bits per heavy atom. The van der Waals surface area contributed by atoms with Crippen molar-refractivity contribution in [2.45, 2.75) is 75.0 Å². The van der Waals surface area contributed by atoms with Crippen LogP contribution in [0.25, 0.3) is 0 Å². The second kappa shape index (κ2) is 36.3. The monoisotopic (exact) mass is 1560 g/mol. The van der Waals surface area contributed by atoms with Crippen LogP contribution in [0.3, 0.4) is 0 Å². The molecule has 0 heterocycles. The van der Waals surface area contributed by atoms with Gasteiger partial charge in [-0.15, -0.1) is 0 Å². The molecule has 0 amide bonds. The van der Waals surface area contributed by atoms with Gasteiger partial charge in [-0.2, -0.15) is 0 Å². The van der Waals surface area contributed by atoms with Crippen LogP contribution in [0.2, 0.25) is 20.1 Å². The molecule has 8 aromatic rings. The summed E-state index contributed by atoms with van der Waals surface area (Å²) in [5.41, 5.74) is -1.22. The molecule has 0 radical (unpaired) electrons. The molecule has 0 aromatic heterocycles. The van der Waals surface area contributed by atoms with Gasteiger partial charge in [0.25, 0.3) is 45.5 Å². The molecular formula is C72H60Cl4N8O24. The number of hydrogen-bond donors (Lipinski definition) is 0. The van der Waals surface area contributed by atoms with Crippen molar-refractivity contribution in [1.29, 1.82) is 0 Å². The summed E-state index contributed by atoms with van der Waals surface area (Å²) < 4.78 is 21.3. The third-order valence-corrected chi connectivity index (χ3v) is 18.8. The van der Waals surface area contributed by atoms with Crippen LogP contribution in [-0.4, -0.2) is 89.7 Å². The molecule has 8 aromatic carbocycles. The second-order valence-corrected chi connectivity index (χ2v) is 27.1. The smallest absolute Gasteiger partial charge is 0.338 e. The van der Waals surface area contributed by atoms with Crippen molar-refractivity contribution in [2.24, 2.45) is 23.7 Å². The number of benzene rings is 8. The minimum absolute atomic E-state index is 0.0140. The first kappa shape index (κ1) is 80.1. The van der Waals surface area contributed by atoms with Gasteiger partial charge >= 0.3 is 23.9 Å². The van der Waals surface area contributed by atoms with Crippen molar-refractivity contribution in [3.8, 4) is 0 Å². The van der Waals surface area contributed by atoms with E-state index in [2.05, 4.69) is 0 Å². The summed E-state index contributed by atoms with van der Waals surface area (Å²) in [6.45, 7) is 0.340. The Hall–Kier alpha value is -12.0. The number of hydrogen-bond acceptors (Lipinski definition) is 24. The molecule has 4 fully saturated rings. The van der Waals surface area contributed by atoms with Crippen LogP contribution in [0.4, 0.5) is 45.5 Å². The molecule has 12 rings (SSSR count). The summed E-state index contributed by atoms with van der Waals surface area (Å²) >= 11 is 23.6. The average molecular weight is 1560 g/mol. The van der Waals surface area contributed by atoms with Gasteiger partial charge in [0.05, 0.1) is 112 Å². The van der Waals surface area contributed by atoms with Crippen LogP contribution in [0.5, 0.6) is 0 Å². The van der Waals surface area contributed by atoms with Gasteiger partial charge in [-0.25, -0.2) is 19.2 Å². The van der Waals surface area contributed by atoms with E-state index in [0.717, 1.165) is 146 Å². The van der Waals surface area contributed by atoms with E-state index in [1.807, 2.05) is 48.5 Å². The highest BCUT2D eigenvalue weighted by molar-refractivity contribution is 6.31. The lowest BCUT2D eigenvalue weighted by Gasteiger charge is -2.17. The maximum atomic E-state index is 12.3. The zero-order chi connectivity index (χ0) is 78.2. The van der Waals surface area contributed by atoms with E-state index >= 15 is 0 Å². The number of esters is 4. The lowest BCUT2D eigenvalue weighted by Crippen LogP contribution is -2.15. The van der Waals surface area contributed by atoms with E-state index in [-0.39, 0.29) is 72.4 Å². The molecule has 0 N–H and O–H groups in total. The van der Waals surface area contributed by atoms with Gasteiger partial charge < -0.3 is 18.9 Å². The van der Waals surface area contributed by atoms with Crippen molar-refractivity contribution in [3.05, 3.63) is 315 Å². The Bertz CT molecular complexity index is 4050. The number of carbonyl (C=O) groups is 4. The van der Waals surface area contributed by atoms with Gasteiger partial charge in [0.15, 0.2) is 0 Å². The summed E-state index contributed by atoms with van der Waals surface area (Å²) in [6, 6.07) is 40.1. The molecule has 560 valence electrons. The molecule has 0 bridgehead atoms. The molecule has 32 nitrogen and oxygen atoms in total. The number of halogens is 4. The van der Waals surface area contributed by atoms with E-state index in [0.29, 0.717) is 43.8 Å². The van der Waals surface area contributed by atoms with Crippen LogP contribution in [-0.2, 0) is 18.9 Å². The Labute approximate surface area is 630 Å². The quantitative estimate of drug-likeness (QED) is 0.0190. The van der Waals surface area contributed by atoms with Crippen molar-refractivity contribution >= 4 is 116 Å². The van der Waals surface area contributed by atoms with E-state index in [1.54, 1.807) is 48.5 Å². The highest BCUT2D eigenvalue weighted by Crippen LogP contribution is 2.47. The third kappa shape index (κ3) is 23.0. The van der Waals surface area contributed by atoms with Crippen molar-refractivity contribution in [1.82, 2.24) is 0 Å². The summed E-state index contributed by atoms with van der Waals surface area (Å²) in [7, 11) is 0. The van der Waals surface area contributed by atoms with Gasteiger partial charge in [-0.3, -0.25) is 80.9 Å². The fourth-order valence-corrected chi connectivity index (χ4v) is 12.0. The summed E-state index contributed by atoms with van der Waals surface area (Å²) in [6.07, 6.45) is 8.17. The van der Waals surface area contributed by atoms with Crippen LogP contribution in [0.1, 0.15) is 139 Å². The zero-order valence-electron chi connectivity index (χ0n) is 56.2. The molecule has 36 heteroatoms. The molecule has 4 aliphatic carbocycles. The standard InChI is InChI=1S/4C18H15ClN2O6/c4*19-14-5-3-12(4-6-14)17(11-1-2-11)10-27-18(22)13-7-15(20(23)24)9-16(8-13)21(25)26/h4*3-9,11,17H,1-2,10H2/t4*17-/m0000/s1. The molecule has 108 heavy (non-hydrogen) atoms. The van der Waals surface area contributed by atoms with Gasteiger partial charge in [-0.05, 0) is 146 Å². The summed E-state index contributed by atoms with van der Waals surface area (Å²) in [5.74, 6) is -1.83. The molecule has 4 aliphatic rings. The normalized spacial score (nSPS) is 14.4. The number of nitro groups is 8. The van der Waals surface area contributed by atoms with E-state index in [9.17, 15) is 100 Å². The van der Waals surface area contributed by atoms with Gasteiger partial charge in [-0.1, -0.05) is 94.9 Å². The van der Waals surface area contributed by atoms with Crippen LogP contribution in [0.15, 0.2) is 170 Å². The zero-order valence-corrected chi connectivity index (χ0v) is 59.2. The van der Waals surface area contributed by atoms with E-state index in [4.69, 9.17) is 65.4 Å². The first-order valence-corrected chi connectivity index (χ1v) is 34.4. The topological polar surface area (TPSA) is 450 Å². The predicted octanol–water partition coefficient (Wildman–Crippen LogP) is 18.0. The Balaban J connectivity index is 0.000000166. The largest absolute Gasteiger partial charge is 0.461 e. The summed E-state index contributed by atoms with van der Waals surface area (Å²) in [4.78, 5) is 131. The number of nitrogens with zero attached hydrogens (tertiary/aromatic N) is 8. The average Bonchev–Trinajstić information content (AvgIpc) is 1.73. The second-order valence-electron chi connectivity index (χ2n) is 25.4. The first-order chi connectivity index (χ1) is 51.4. The molecule has 0 saturated heterocycles. The molecule has 4 atom stereocenters. The van der Waals surface area contributed by atoms with E-state index in [1.165, 1.54) is 0 Å². The molecule has 0 spiro atoms. The van der Waals surface area contributed by atoms with Crippen LogP contribution < -0.4 is 0 Å². The Morgan fingerprint density at radius 3 is 0.528 bits per heavy atom. The number of nitro benzene ring substituents is 8. The predicted molar refractivity (Wildman–Crippen MR) is 388 cm³/mol. The lowest BCUT2D eigenvalue weighted by atomic mass is 9.95. The lowest BCUT2D eigenvalue weighted by molar-refractivity contribution is -0.394. The first-order valence-electron chi connectivity index (χ1n) is 32.9. The minimum atomic E-state index is -0.832. The highest BCUT2D eigenvalue weighted by atomic mass is 35.5. The Kier molecular flexibility index (Phi) is 26.9. The van der Waals surface area contributed by atoms with Crippen molar-refractivity contribution in [2.75, 3.05) is 26.4 Å². The van der Waals surface area contributed by atoms with E-state index < -0.39 is 109 Å².